The predicted octanol–water partition coefficient (Wildman–Crippen LogP) is 9.65. The molecule has 0 spiro atoms. The van der Waals surface area contributed by atoms with Gasteiger partial charge >= 0.3 is 0 Å². The van der Waals surface area contributed by atoms with Crippen LogP contribution in [-0.2, 0) is 0 Å². The molecule has 0 aliphatic heterocycles. The van der Waals surface area contributed by atoms with E-state index < -0.39 is 0 Å². The van der Waals surface area contributed by atoms with Crippen molar-refractivity contribution < 1.29 is 8.97 Å². The van der Waals surface area contributed by atoms with Crippen LogP contribution in [0.3, 0.4) is 0 Å². The van der Waals surface area contributed by atoms with Crippen molar-refractivity contribution in [1.82, 2.24) is 0 Å². The van der Waals surface area contributed by atoms with E-state index in [0.717, 1.165) is 0 Å². The summed E-state index contributed by atoms with van der Waals surface area (Å²) in [6, 6.07) is 0. The Morgan fingerprint density at radius 3 is 1.03 bits per heavy atom. The van der Waals surface area contributed by atoms with Crippen molar-refractivity contribution in [1.29, 1.82) is 0 Å². The predicted molar refractivity (Wildman–Crippen MR) is 165 cm³/mol. The minimum Gasteiger partial charge on any atom is -0.326 e. The quantitative estimate of drug-likeness (QED) is 0.0832. The average Bonchev–Trinajstić information content (AvgIpc) is 2.86. The van der Waals surface area contributed by atoms with E-state index in [1.54, 1.807) is 22.3 Å². The molecule has 0 rings (SSSR count). The molecular formula is C34H66N2+2. The summed E-state index contributed by atoms with van der Waals surface area (Å²) in [5.74, 6) is 0. The number of quaternary nitrogens is 2. The van der Waals surface area contributed by atoms with Gasteiger partial charge in [-0.2, -0.15) is 0 Å². The number of nitrogens with zero attached hydrogens (tertiary/aromatic N) is 2. The van der Waals surface area contributed by atoms with E-state index in [1.807, 2.05) is 0 Å². The van der Waals surface area contributed by atoms with Crippen molar-refractivity contribution in [3.63, 3.8) is 0 Å². The maximum Gasteiger partial charge on any atom is 0.0787 e. The summed E-state index contributed by atoms with van der Waals surface area (Å²) in [5, 5.41) is 0. The summed E-state index contributed by atoms with van der Waals surface area (Å²) >= 11 is 0. The van der Waals surface area contributed by atoms with Crippen molar-refractivity contribution >= 4 is 0 Å². The monoisotopic (exact) mass is 503 g/mol. The van der Waals surface area contributed by atoms with E-state index in [1.165, 1.54) is 112 Å². The summed E-state index contributed by atoms with van der Waals surface area (Å²) in [6.45, 7) is 26.1. The van der Waals surface area contributed by atoms with Gasteiger partial charge in [-0.05, 0) is 107 Å². The molecule has 0 unspecified atom stereocenters. The molecule has 0 fully saturated rings. The smallest absolute Gasteiger partial charge is 0.0787 e. The van der Waals surface area contributed by atoms with Crippen LogP contribution < -0.4 is 0 Å². The molecular weight excluding hydrogens is 436 g/mol. The summed E-state index contributed by atoms with van der Waals surface area (Å²) in [4.78, 5) is 0. The Hall–Kier alpha value is -1.12. The molecule has 0 atom stereocenters. The fourth-order valence-electron chi connectivity index (χ4n) is 4.72. The Morgan fingerprint density at radius 2 is 0.722 bits per heavy atom. The van der Waals surface area contributed by atoms with Crippen LogP contribution in [0.5, 0.6) is 0 Å². The second-order valence-electron chi connectivity index (χ2n) is 12.0. The maximum absolute atomic E-state index is 2.48. The molecule has 0 aromatic carbocycles. The minimum absolute atomic E-state index is 1.18. The molecule has 210 valence electrons. The lowest BCUT2D eigenvalue weighted by Gasteiger charge is -2.32. The van der Waals surface area contributed by atoms with E-state index in [4.69, 9.17) is 0 Å². The Balaban J connectivity index is 4.14. The normalized spacial score (nSPS) is 14.6. The van der Waals surface area contributed by atoms with Gasteiger partial charge in [0.1, 0.15) is 0 Å². The second-order valence-corrected chi connectivity index (χ2v) is 12.0. The van der Waals surface area contributed by atoms with Crippen LogP contribution in [0.2, 0.25) is 0 Å². The van der Waals surface area contributed by atoms with E-state index in [9.17, 15) is 0 Å². The number of hydrogen-bond donors (Lipinski definition) is 0. The van der Waals surface area contributed by atoms with E-state index in [2.05, 4.69) is 93.8 Å². The van der Waals surface area contributed by atoms with Gasteiger partial charge in [-0.15, -0.1) is 0 Å². The molecule has 0 amide bonds. The first kappa shape index (κ1) is 34.9. The maximum atomic E-state index is 2.48. The van der Waals surface area contributed by atoms with Gasteiger partial charge in [-0.25, -0.2) is 0 Å². The summed E-state index contributed by atoms with van der Waals surface area (Å²) in [7, 11) is 4.78. The van der Waals surface area contributed by atoms with Gasteiger partial charge < -0.3 is 8.97 Å². The third-order valence-corrected chi connectivity index (χ3v) is 8.81. The standard InChI is InChI=1S/C34H66N2/c1-11-35(9,12-2)29-19-27-33(7)25-17-23-31(5)21-15-16-22-32(6)24-18-26-34(8)28-20-30-36(10,13-3)14-4/h21-22,25-26H,11-20,23-24,27-30H2,1-10H3/q+2/b31-21+,32-22+,33-25+,34-26+. The SMILES string of the molecule is CC[N+](C)(CC)CCC/C(C)=C/CC/C(C)=C/CC/C=C(\C)CC/C=C(\C)CCC[N+](C)(CC)CC. The number of rotatable bonds is 21. The molecule has 2 heteroatoms. The highest BCUT2D eigenvalue weighted by molar-refractivity contribution is 5.06. The molecule has 0 aromatic heterocycles. The van der Waals surface area contributed by atoms with Gasteiger partial charge in [-0.3, -0.25) is 0 Å². The van der Waals surface area contributed by atoms with Crippen LogP contribution in [0.15, 0.2) is 46.6 Å². The Labute approximate surface area is 228 Å². The van der Waals surface area contributed by atoms with Crippen molar-refractivity contribution in [2.24, 2.45) is 0 Å². The zero-order chi connectivity index (χ0) is 27.5. The molecule has 0 N–H and O–H groups in total. The summed E-state index contributed by atoms with van der Waals surface area (Å²) < 4.78 is 2.41. The van der Waals surface area contributed by atoms with Crippen molar-refractivity contribution in [3.8, 4) is 0 Å². The number of allylic oxidation sites excluding steroid dienone is 8. The highest BCUT2D eigenvalue weighted by Crippen LogP contribution is 2.15. The topological polar surface area (TPSA) is 0 Å². The van der Waals surface area contributed by atoms with E-state index in [-0.39, 0.29) is 0 Å². The number of unbranched alkanes of at least 4 members (excludes halogenated alkanes) is 1. The third kappa shape index (κ3) is 17.4. The Kier molecular flexibility index (Phi) is 19.3. The fraction of sp³-hybridized carbons (Fsp3) is 0.765. The first-order valence-corrected chi connectivity index (χ1v) is 15.3. The first-order chi connectivity index (χ1) is 17.0. The average molecular weight is 503 g/mol. The molecule has 0 saturated carbocycles. The Bertz CT molecular complexity index is 624. The lowest BCUT2D eigenvalue weighted by atomic mass is 10.0. The highest BCUT2D eigenvalue weighted by Gasteiger charge is 2.15. The van der Waals surface area contributed by atoms with Gasteiger partial charge in [-0.1, -0.05) is 46.6 Å². The molecule has 0 aromatic rings. The van der Waals surface area contributed by atoms with Crippen LogP contribution in [0.25, 0.3) is 0 Å². The lowest BCUT2D eigenvalue weighted by molar-refractivity contribution is -0.906. The summed E-state index contributed by atoms with van der Waals surface area (Å²) in [6.07, 6.45) is 22.2. The molecule has 0 heterocycles. The zero-order valence-corrected chi connectivity index (χ0v) is 26.5. The van der Waals surface area contributed by atoms with Gasteiger partial charge in [0, 0.05) is 12.8 Å². The van der Waals surface area contributed by atoms with Crippen molar-refractivity contribution in [2.75, 3.05) is 53.4 Å². The summed E-state index contributed by atoms with van der Waals surface area (Å²) in [5.41, 5.74) is 6.24. The minimum atomic E-state index is 1.18. The van der Waals surface area contributed by atoms with Crippen LogP contribution in [0.1, 0.15) is 120 Å². The van der Waals surface area contributed by atoms with E-state index >= 15 is 0 Å². The van der Waals surface area contributed by atoms with Gasteiger partial charge in [0.25, 0.3) is 0 Å². The molecule has 0 saturated heterocycles. The van der Waals surface area contributed by atoms with Gasteiger partial charge in [0.15, 0.2) is 0 Å². The molecule has 0 aliphatic carbocycles. The Morgan fingerprint density at radius 1 is 0.444 bits per heavy atom. The third-order valence-electron chi connectivity index (χ3n) is 8.81. The van der Waals surface area contributed by atoms with Gasteiger partial charge in [0.05, 0.1) is 53.4 Å². The molecule has 2 nitrogen and oxygen atoms in total. The zero-order valence-electron chi connectivity index (χ0n) is 26.5. The highest BCUT2D eigenvalue weighted by atomic mass is 15.3. The second kappa shape index (κ2) is 19.9. The molecule has 0 bridgehead atoms. The van der Waals surface area contributed by atoms with Crippen LogP contribution in [0.4, 0.5) is 0 Å². The van der Waals surface area contributed by atoms with Crippen LogP contribution in [0, 0.1) is 0 Å². The lowest BCUT2D eigenvalue weighted by Crippen LogP contribution is -2.44. The fourth-order valence-corrected chi connectivity index (χ4v) is 4.72. The van der Waals surface area contributed by atoms with Crippen LogP contribution in [-0.4, -0.2) is 62.3 Å². The first-order valence-electron chi connectivity index (χ1n) is 15.3. The van der Waals surface area contributed by atoms with Gasteiger partial charge in [0.2, 0.25) is 0 Å². The molecule has 0 aliphatic rings. The van der Waals surface area contributed by atoms with Crippen molar-refractivity contribution in [3.05, 3.63) is 46.6 Å². The number of hydrogen-bond acceptors (Lipinski definition) is 0. The van der Waals surface area contributed by atoms with E-state index in [0.29, 0.717) is 0 Å². The van der Waals surface area contributed by atoms with Crippen LogP contribution >= 0.6 is 0 Å². The molecule has 0 radical (unpaired) electrons. The van der Waals surface area contributed by atoms with Crippen molar-refractivity contribution in [2.45, 2.75) is 120 Å². The largest absolute Gasteiger partial charge is 0.326 e. The molecule has 36 heavy (non-hydrogen) atoms.